The van der Waals surface area contributed by atoms with Gasteiger partial charge in [-0.2, -0.15) is 5.48 Å². The van der Waals surface area contributed by atoms with E-state index in [1.54, 1.807) is 0 Å². The standard InChI is InChI=1S/C3H5NO4/c5-1-2(4-8)3(6)7/h1-2,4,8H,(H,6,7). The van der Waals surface area contributed by atoms with Gasteiger partial charge in [-0.05, 0) is 0 Å². The average molecular weight is 119 g/mol. The van der Waals surface area contributed by atoms with Gasteiger partial charge in [0.1, 0.15) is 0 Å². The van der Waals surface area contributed by atoms with Crippen LogP contribution in [0.4, 0.5) is 0 Å². The van der Waals surface area contributed by atoms with Gasteiger partial charge in [0.25, 0.3) is 0 Å². The highest BCUT2D eigenvalue weighted by molar-refractivity contribution is 5.90. The summed E-state index contributed by atoms with van der Waals surface area (Å²) in [5.74, 6) is -1.40. The fourth-order valence-electron chi connectivity index (χ4n) is 0.144. The number of hydrogen-bond acceptors (Lipinski definition) is 4. The van der Waals surface area contributed by atoms with Crippen molar-refractivity contribution < 1.29 is 19.9 Å². The van der Waals surface area contributed by atoms with Crippen LogP contribution < -0.4 is 5.48 Å². The Morgan fingerprint density at radius 3 is 2.25 bits per heavy atom. The molecular weight excluding hydrogens is 114 g/mol. The van der Waals surface area contributed by atoms with Crippen LogP contribution in [0.2, 0.25) is 0 Å². The first-order chi connectivity index (χ1) is 3.72. The lowest BCUT2D eigenvalue weighted by molar-refractivity contribution is -0.144. The van der Waals surface area contributed by atoms with Crippen LogP contribution in [0, 0.1) is 0 Å². The SMILES string of the molecule is O=CC(NO)C(=O)O. The van der Waals surface area contributed by atoms with Crippen molar-refractivity contribution in [2.45, 2.75) is 6.04 Å². The van der Waals surface area contributed by atoms with Gasteiger partial charge in [0.2, 0.25) is 0 Å². The van der Waals surface area contributed by atoms with E-state index in [0.717, 1.165) is 0 Å². The number of nitrogens with one attached hydrogen (secondary N) is 1. The molecule has 0 aromatic carbocycles. The first-order valence-electron chi connectivity index (χ1n) is 1.80. The van der Waals surface area contributed by atoms with E-state index < -0.39 is 12.0 Å². The summed E-state index contributed by atoms with van der Waals surface area (Å²) in [7, 11) is 0. The zero-order valence-electron chi connectivity index (χ0n) is 3.87. The van der Waals surface area contributed by atoms with E-state index in [2.05, 4.69) is 0 Å². The molecule has 3 N–H and O–H groups in total. The Balaban J connectivity index is 3.69. The van der Waals surface area contributed by atoms with Crippen LogP contribution in [0.25, 0.3) is 0 Å². The number of carbonyl (C=O) groups excluding carboxylic acids is 1. The predicted molar refractivity (Wildman–Crippen MR) is 22.4 cm³/mol. The number of rotatable bonds is 3. The zero-order chi connectivity index (χ0) is 6.57. The number of carboxylic acid groups (broad SMARTS) is 1. The van der Waals surface area contributed by atoms with Crippen molar-refractivity contribution >= 4 is 12.3 Å². The third-order valence-electron chi connectivity index (χ3n) is 0.541. The Morgan fingerprint density at radius 2 is 2.25 bits per heavy atom. The number of aldehydes is 1. The van der Waals surface area contributed by atoms with Crippen LogP contribution in [0.3, 0.4) is 0 Å². The van der Waals surface area contributed by atoms with E-state index in [4.69, 9.17) is 10.3 Å². The number of aliphatic carboxylic acids is 1. The molecule has 0 aliphatic carbocycles. The van der Waals surface area contributed by atoms with Crippen LogP contribution in [0.15, 0.2) is 0 Å². The quantitative estimate of drug-likeness (QED) is 0.242. The lowest BCUT2D eigenvalue weighted by Gasteiger charge is -1.97. The Kier molecular flexibility index (Phi) is 2.75. The van der Waals surface area contributed by atoms with Crippen molar-refractivity contribution in [1.29, 1.82) is 0 Å². The van der Waals surface area contributed by atoms with Crippen molar-refractivity contribution in [3.63, 3.8) is 0 Å². The molecule has 0 saturated carbocycles. The van der Waals surface area contributed by atoms with Crippen LogP contribution in [0.1, 0.15) is 0 Å². The van der Waals surface area contributed by atoms with Gasteiger partial charge in [0.05, 0.1) is 0 Å². The molecule has 0 aliphatic heterocycles. The molecule has 0 spiro atoms. The minimum atomic E-state index is -1.50. The molecule has 0 aromatic rings. The Bertz CT molecular complexity index is 101. The van der Waals surface area contributed by atoms with Gasteiger partial charge in [0.15, 0.2) is 12.3 Å². The molecule has 1 atom stereocenters. The summed E-state index contributed by atoms with van der Waals surface area (Å²) in [6.07, 6.45) is 0.0856. The summed E-state index contributed by atoms with van der Waals surface area (Å²) < 4.78 is 0. The third kappa shape index (κ3) is 1.67. The summed E-state index contributed by atoms with van der Waals surface area (Å²) in [5.41, 5.74) is 1.28. The summed E-state index contributed by atoms with van der Waals surface area (Å²) in [6, 6.07) is -1.50. The summed E-state index contributed by atoms with van der Waals surface area (Å²) in [4.78, 5) is 19.3. The van der Waals surface area contributed by atoms with E-state index in [0.29, 0.717) is 0 Å². The first-order valence-corrected chi connectivity index (χ1v) is 1.80. The van der Waals surface area contributed by atoms with Gasteiger partial charge in [-0.15, -0.1) is 0 Å². The summed E-state index contributed by atoms with van der Waals surface area (Å²) in [5, 5.41) is 15.8. The summed E-state index contributed by atoms with van der Waals surface area (Å²) in [6.45, 7) is 0. The van der Waals surface area contributed by atoms with Crippen LogP contribution in [-0.2, 0) is 9.59 Å². The lowest BCUT2D eigenvalue weighted by Crippen LogP contribution is -2.35. The zero-order valence-corrected chi connectivity index (χ0v) is 3.87. The Labute approximate surface area is 44.9 Å². The maximum atomic E-state index is 9.71. The second kappa shape index (κ2) is 3.11. The van der Waals surface area contributed by atoms with Gasteiger partial charge >= 0.3 is 5.97 Å². The number of hydroxylamine groups is 1. The van der Waals surface area contributed by atoms with Gasteiger partial charge < -0.3 is 15.1 Å². The highest BCUT2D eigenvalue weighted by Gasteiger charge is 2.12. The molecule has 0 aliphatic rings. The molecule has 5 heteroatoms. The maximum absolute atomic E-state index is 9.71. The van der Waals surface area contributed by atoms with E-state index in [1.165, 1.54) is 5.48 Å². The molecule has 0 amide bonds. The number of carbonyl (C=O) groups is 2. The molecule has 0 rings (SSSR count). The van der Waals surface area contributed by atoms with Crippen LogP contribution in [-0.4, -0.2) is 28.6 Å². The monoisotopic (exact) mass is 119 g/mol. The van der Waals surface area contributed by atoms with E-state index in [9.17, 15) is 9.59 Å². The molecular formula is C3H5NO4. The second-order valence-corrected chi connectivity index (χ2v) is 1.08. The van der Waals surface area contributed by atoms with Gasteiger partial charge in [-0.3, -0.25) is 0 Å². The number of carboxylic acids is 1. The molecule has 0 heterocycles. The fraction of sp³-hybridized carbons (Fsp3) is 0.333. The van der Waals surface area contributed by atoms with E-state index in [-0.39, 0.29) is 6.29 Å². The van der Waals surface area contributed by atoms with Crippen molar-refractivity contribution in [2.24, 2.45) is 0 Å². The molecule has 0 bridgehead atoms. The summed E-state index contributed by atoms with van der Waals surface area (Å²) >= 11 is 0. The molecule has 1 unspecified atom stereocenters. The fourth-order valence-corrected chi connectivity index (χ4v) is 0.144. The van der Waals surface area contributed by atoms with Crippen LogP contribution >= 0.6 is 0 Å². The molecule has 0 aromatic heterocycles. The topological polar surface area (TPSA) is 86.6 Å². The third-order valence-corrected chi connectivity index (χ3v) is 0.541. The number of hydrogen-bond donors (Lipinski definition) is 3. The maximum Gasteiger partial charge on any atom is 0.330 e. The Hall–Kier alpha value is -0.940. The molecule has 5 nitrogen and oxygen atoms in total. The minimum absolute atomic E-state index is 0.0856. The van der Waals surface area contributed by atoms with Gasteiger partial charge in [-0.1, -0.05) is 0 Å². The van der Waals surface area contributed by atoms with Crippen molar-refractivity contribution in [1.82, 2.24) is 5.48 Å². The van der Waals surface area contributed by atoms with Crippen LogP contribution in [0.5, 0.6) is 0 Å². The molecule has 0 fully saturated rings. The predicted octanol–water partition coefficient (Wildman–Crippen LogP) is -1.38. The molecule has 0 saturated heterocycles. The van der Waals surface area contributed by atoms with Gasteiger partial charge in [-0.25, -0.2) is 4.79 Å². The highest BCUT2D eigenvalue weighted by atomic mass is 16.5. The van der Waals surface area contributed by atoms with Gasteiger partial charge in [0, 0.05) is 0 Å². The van der Waals surface area contributed by atoms with Crippen molar-refractivity contribution in [3.8, 4) is 0 Å². The van der Waals surface area contributed by atoms with Crippen molar-refractivity contribution in [2.75, 3.05) is 0 Å². The molecule has 8 heavy (non-hydrogen) atoms. The smallest absolute Gasteiger partial charge is 0.330 e. The normalized spacial score (nSPS) is 12.6. The van der Waals surface area contributed by atoms with E-state index in [1.807, 2.05) is 0 Å². The second-order valence-electron chi connectivity index (χ2n) is 1.08. The molecule has 0 radical (unpaired) electrons. The van der Waals surface area contributed by atoms with E-state index >= 15 is 0 Å². The first kappa shape index (κ1) is 7.06. The lowest BCUT2D eigenvalue weighted by atomic mass is 10.4. The largest absolute Gasteiger partial charge is 0.480 e. The molecule has 46 valence electrons. The average Bonchev–Trinajstić information content (AvgIpc) is 1.69. The minimum Gasteiger partial charge on any atom is -0.480 e. The van der Waals surface area contributed by atoms with Crippen molar-refractivity contribution in [3.05, 3.63) is 0 Å². The highest BCUT2D eigenvalue weighted by Crippen LogP contribution is 1.72. The Morgan fingerprint density at radius 1 is 1.75 bits per heavy atom.